The van der Waals surface area contributed by atoms with Crippen molar-refractivity contribution in [2.45, 2.75) is 85.4 Å². The molecule has 0 saturated heterocycles. The molecule has 0 radical (unpaired) electrons. The largest absolute Gasteiger partial charge is 0.491 e. The molecule has 0 aliphatic rings. The number of hydrogen-bond acceptors (Lipinski definition) is 4. The first-order chi connectivity index (χ1) is 13.4. The van der Waals surface area contributed by atoms with Crippen LogP contribution in [0.4, 0.5) is 4.79 Å². The summed E-state index contributed by atoms with van der Waals surface area (Å²) in [6.07, 6.45) is -0.292. The van der Waals surface area contributed by atoms with Gasteiger partial charge in [-0.3, -0.25) is 4.79 Å². The molecule has 6 nitrogen and oxygen atoms in total. The van der Waals surface area contributed by atoms with Gasteiger partial charge >= 0.3 is 6.09 Å². The standard InChI is InChI=1S/C23H38N2O4/c1-15(2)13-20(25-22(27)29-16(3)4)21(26)24-17(5)14-28-19-11-9-18(10-12-19)23(6,7)8/h9-12,15-17,20H,13-14H2,1-8H3,(H,24,26)(H,25,27). The Morgan fingerprint density at radius 1 is 0.966 bits per heavy atom. The zero-order chi connectivity index (χ0) is 22.2. The van der Waals surface area contributed by atoms with Gasteiger partial charge in [0.2, 0.25) is 5.91 Å². The molecular formula is C23H38N2O4. The second-order valence-electron chi connectivity index (χ2n) is 9.28. The molecule has 164 valence electrons. The van der Waals surface area contributed by atoms with E-state index in [0.29, 0.717) is 13.0 Å². The van der Waals surface area contributed by atoms with Crippen molar-refractivity contribution in [3.8, 4) is 5.75 Å². The quantitative estimate of drug-likeness (QED) is 0.637. The van der Waals surface area contributed by atoms with Crippen molar-refractivity contribution in [1.29, 1.82) is 0 Å². The number of carbonyl (C=O) groups excluding carboxylic acids is 2. The molecule has 0 saturated carbocycles. The predicted molar refractivity (Wildman–Crippen MR) is 116 cm³/mol. The first-order valence-corrected chi connectivity index (χ1v) is 10.4. The molecule has 1 aromatic rings. The van der Waals surface area contributed by atoms with Crippen LogP contribution in [0.3, 0.4) is 0 Å². The normalized spacial score (nSPS) is 13.7. The smallest absolute Gasteiger partial charge is 0.408 e. The first-order valence-electron chi connectivity index (χ1n) is 10.4. The van der Waals surface area contributed by atoms with Gasteiger partial charge in [-0.15, -0.1) is 0 Å². The predicted octanol–water partition coefficient (Wildman–Crippen LogP) is 4.42. The molecule has 0 fully saturated rings. The van der Waals surface area contributed by atoms with Crippen LogP contribution in [0, 0.1) is 5.92 Å². The fourth-order valence-corrected chi connectivity index (χ4v) is 2.75. The van der Waals surface area contributed by atoms with E-state index in [1.807, 2.05) is 32.9 Å². The van der Waals surface area contributed by atoms with Crippen LogP contribution in [0.15, 0.2) is 24.3 Å². The zero-order valence-corrected chi connectivity index (χ0v) is 19.2. The molecule has 29 heavy (non-hydrogen) atoms. The summed E-state index contributed by atoms with van der Waals surface area (Å²) in [4.78, 5) is 24.5. The molecule has 6 heteroatoms. The summed E-state index contributed by atoms with van der Waals surface area (Å²) >= 11 is 0. The fourth-order valence-electron chi connectivity index (χ4n) is 2.75. The summed E-state index contributed by atoms with van der Waals surface area (Å²) < 4.78 is 10.9. The van der Waals surface area contributed by atoms with Crippen LogP contribution >= 0.6 is 0 Å². The summed E-state index contributed by atoms with van der Waals surface area (Å²) in [6.45, 7) is 16.3. The van der Waals surface area contributed by atoms with E-state index in [1.165, 1.54) is 5.56 Å². The van der Waals surface area contributed by atoms with Gasteiger partial charge in [-0.1, -0.05) is 46.8 Å². The van der Waals surface area contributed by atoms with Crippen LogP contribution in [0.5, 0.6) is 5.75 Å². The van der Waals surface area contributed by atoms with E-state index in [0.717, 1.165) is 5.75 Å². The van der Waals surface area contributed by atoms with Gasteiger partial charge in [0.1, 0.15) is 18.4 Å². The third-order valence-electron chi connectivity index (χ3n) is 4.27. The summed E-state index contributed by atoms with van der Waals surface area (Å²) in [5, 5.41) is 5.58. The Labute approximate surface area is 175 Å². The van der Waals surface area contributed by atoms with Crippen LogP contribution in [-0.4, -0.2) is 36.8 Å². The highest BCUT2D eigenvalue weighted by molar-refractivity contribution is 5.85. The topological polar surface area (TPSA) is 76.7 Å². The number of ether oxygens (including phenoxy) is 2. The van der Waals surface area contributed by atoms with E-state index in [9.17, 15) is 9.59 Å². The molecule has 2 atom stereocenters. The summed E-state index contributed by atoms with van der Waals surface area (Å²) in [7, 11) is 0. The van der Waals surface area contributed by atoms with Crippen molar-refractivity contribution in [2.75, 3.05) is 6.61 Å². The number of benzene rings is 1. The maximum Gasteiger partial charge on any atom is 0.408 e. The highest BCUT2D eigenvalue weighted by Crippen LogP contribution is 2.24. The Hall–Kier alpha value is -2.24. The minimum absolute atomic E-state index is 0.0922. The number of hydrogen-bond donors (Lipinski definition) is 2. The van der Waals surface area contributed by atoms with Crippen LogP contribution < -0.4 is 15.4 Å². The molecule has 2 amide bonds. The van der Waals surface area contributed by atoms with Crippen LogP contribution in [-0.2, 0) is 14.9 Å². The summed E-state index contributed by atoms with van der Waals surface area (Å²) in [5.41, 5.74) is 1.33. The SMILES string of the molecule is CC(C)CC(NC(=O)OC(C)C)C(=O)NC(C)COc1ccc(C(C)(C)C)cc1. The number of alkyl carbamates (subject to hydrolysis) is 1. The number of nitrogens with one attached hydrogen (secondary N) is 2. The molecule has 0 aliphatic heterocycles. The van der Waals surface area contributed by atoms with Crippen molar-refractivity contribution in [2.24, 2.45) is 5.92 Å². The van der Waals surface area contributed by atoms with Gasteiger partial charge in [0, 0.05) is 0 Å². The van der Waals surface area contributed by atoms with Crippen LogP contribution in [0.1, 0.15) is 67.4 Å². The highest BCUT2D eigenvalue weighted by atomic mass is 16.6. The van der Waals surface area contributed by atoms with Crippen molar-refractivity contribution < 1.29 is 19.1 Å². The van der Waals surface area contributed by atoms with Gasteiger partial charge in [-0.05, 0) is 56.2 Å². The fraction of sp³-hybridized carbons (Fsp3) is 0.652. The van der Waals surface area contributed by atoms with Gasteiger partial charge in [0.05, 0.1) is 12.1 Å². The summed E-state index contributed by atoms with van der Waals surface area (Å²) in [6, 6.07) is 7.15. The molecule has 0 aromatic heterocycles. The maximum atomic E-state index is 12.6. The number of rotatable bonds is 9. The lowest BCUT2D eigenvalue weighted by Gasteiger charge is -2.23. The van der Waals surface area contributed by atoms with E-state index in [4.69, 9.17) is 9.47 Å². The number of amides is 2. The minimum Gasteiger partial charge on any atom is -0.491 e. The molecule has 0 heterocycles. The Bertz CT molecular complexity index is 648. The molecular weight excluding hydrogens is 368 g/mol. The molecule has 0 bridgehead atoms. The third kappa shape index (κ3) is 9.68. The van der Waals surface area contributed by atoms with Crippen molar-refractivity contribution in [3.63, 3.8) is 0 Å². The Morgan fingerprint density at radius 3 is 2.03 bits per heavy atom. The molecule has 0 aliphatic carbocycles. The van der Waals surface area contributed by atoms with E-state index < -0.39 is 12.1 Å². The average molecular weight is 407 g/mol. The Morgan fingerprint density at radius 2 is 1.55 bits per heavy atom. The van der Waals surface area contributed by atoms with Gasteiger partial charge in [0.25, 0.3) is 0 Å². The van der Waals surface area contributed by atoms with Gasteiger partial charge in [-0.2, -0.15) is 0 Å². The Kier molecular flexibility index (Phi) is 9.47. The molecule has 2 N–H and O–H groups in total. The first kappa shape index (κ1) is 24.8. The lowest BCUT2D eigenvalue weighted by atomic mass is 9.87. The third-order valence-corrected chi connectivity index (χ3v) is 4.27. The van der Waals surface area contributed by atoms with E-state index in [2.05, 4.69) is 43.5 Å². The van der Waals surface area contributed by atoms with Crippen molar-refractivity contribution in [1.82, 2.24) is 10.6 Å². The van der Waals surface area contributed by atoms with Crippen molar-refractivity contribution in [3.05, 3.63) is 29.8 Å². The van der Waals surface area contributed by atoms with Gasteiger partial charge in [-0.25, -0.2) is 4.79 Å². The maximum absolute atomic E-state index is 12.6. The van der Waals surface area contributed by atoms with Gasteiger partial charge < -0.3 is 20.1 Å². The van der Waals surface area contributed by atoms with Crippen molar-refractivity contribution >= 4 is 12.0 Å². The zero-order valence-electron chi connectivity index (χ0n) is 19.2. The number of carbonyl (C=O) groups is 2. The van der Waals surface area contributed by atoms with Crippen LogP contribution in [0.2, 0.25) is 0 Å². The lowest BCUT2D eigenvalue weighted by Crippen LogP contribution is -2.51. The minimum atomic E-state index is -0.644. The second-order valence-corrected chi connectivity index (χ2v) is 9.28. The molecule has 0 spiro atoms. The molecule has 1 aromatic carbocycles. The van der Waals surface area contributed by atoms with E-state index >= 15 is 0 Å². The Balaban J connectivity index is 2.59. The van der Waals surface area contributed by atoms with E-state index in [1.54, 1.807) is 13.8 Å². The highest BCUT2D eigenvalue weighted by Gasteiger charge is 2.24. The summed E-state index contributed by atoms with van der Waals surface area (Å²) in [5.74, 6) is 0.771. The monoisotopic (exact) mass is 406 g/mol. The van der Waals surface area contributed by atoms with Gasteiger partial charge in [0.15, 0.2) is 0 Å². The van der Waals surface area contributed by atoms with E-state index in [-0.39, 0.29) is 29.4 Å². The second kappa shape index (κ2) is 11.1. The van der Waals surface area contributed by atoms with Crippen LogP contribution in [0.25, 0.3) is 0 Å². The average Bonchev–Trinajstić information content (AvgIpc) is 2.57. The molecule has 2 unspecified atom stereocenters. The molecule has 1 rings (SSSR count). The lowest BCUT2D eigenvalue weighted by molar-refractivity contribution is -0.124.